The lowest BCUT2D eigenvalue weighted by atomic mass is 10.0. The number of rotatable bonds is 6. The van der Waals surface area contributed by atoms with Gasteiger partial charge in [0.1, 0.15) is 0 Å². The Hall–Kier alpha value is -0.300. The number of hydrogen-bond donors (Lipinski definition) is 1. The fourth-order valence-corrected chi connectivity index (χ4v) is 1.42. The van der Waals surface area contributed by atoms with Crippen molar-refractivity contribution in [1.82, 2.24) is 5.32 Å². The van der Waals surface area contributed by atoms with E-state index in [0.717, 1.165) is 18.9 Å². The number of allylic oxidation sites excluding steroid dienone is 1. The highest BCUT2D eigenvalue weighted by Gasteiger charge is 1.95. The predicted octanol–water partition coefficient (Wildman–Crippen LogP) is 3.37. The second-order valence-corrected chi connectivity index (χ2v) is 4.55. The second-order valence-electron chi connectivity index (χ2n) is 4.55. The van der Waals surface area contributed by atoms with E-state index in [2.05, 4.69) is 46.0 Å². The molecule has 0 bridgehead atoms. The Morgan fingerprint density at radius 3 is 2.31 bits per heavy atom. The molecule has 0 heterocycles. The Morgan fingerprint density at radius 1 is 1.23 bits per heavy atom. The predicted molar refractivity (Wildman–Crippen MR) is 61.0 cm³/mol. The quantitative estimate of drug-likeness (QED) is 0.492. The normalized spacial score (nSPS) is 13.0. The summed E-state index contributed by atoms with van der Waals surface area (Å²) in [5.41, 5.74) is 1.53. The highest BCUT2D eigenvalue weighted by Crippen LogP contribution is 2.09. The number of nitrogens with one attached hydrogen (secondary N) is 1. The molecule has 0 saturated carbocycles. The van der Waals surface area contributed by atoms with E-state index in [1.807, 2.05) is 0 Å². The summed E-state index contributed by atoms with van der Waals surface area (Å²) in [7, 11) is 0. The third-order valence-electron chi connectivity index (χ3n) is 1.92. The Labute approximate surface area is 83.6 Å². The number of hydrogen-bond acceptors (Lipinski definition) is 1. The summed E-state index contributed by atoms with van der Waals surface area (Å²) in [6.45, 7) is 12.2. The summed E-state index contributed by atoms with van der Waals surface area (Å²) in [6.07, 6.45) is 4.76. The average Bonchev–Trinajstić information content (AvgIpc) is 1.96. The monoisotopic (exact) mass is 183 g/mol. The van der Waals surface area contributed by atoms with Gasteiger partial charge >= 0.3 is 0 Å². The summed E-state index contributed by atoms with van der Waals surface area (Å²) in [4.78, 5) is 0. The molecule has 0 rings (SSSR count). The lowest BCUT2D eigenvalue weighted by Gasteiger charge is -2.07. The van der Waals surface area contributed by atoms with E-state index in [9.17, 15) is 0 Å². The highest BCUT2D eigenvalue weighted by molar-refractivity contribution is 4.98. The molecule has 1 heteroatoms. The van der Waals surface area contributed by atoms with E-state index in [1.54, 1.807) is 0 Å². The fourth-order valence-electron chi connectivity index (χ4n) is 1.42. The van der Waals surface area contributed by atoms with Gasteiger partial charge in [-0.2, -0.15) is 0 Å². The van der Waals surface area contributed by atoms with E-state index >= 15 is 0 Å². The second kappa shape index (κ2) is 7.14. The Morgan fingerprint density at radius 2 is 1.85 bits per heavy atom. The van der Waals surface area contributed by atoms with Crippen LogP contribution in [-0.4, -0.2) is 12.6 Å². The third kappa shape index (κ3) is 9.62. The van der Waals surface area contributed by atoms with Gasteiger partial charge in [0.05, 0.1) is 0 Å². The molecule has 0 aliphatic rings. The van der Waals surface area contributed by atoms with Crippen molar-refractivity contribution in [3.63, 3.8) is 0 Å². The van der Waals surface area contributed by atoms with Crippen molar-refractivity contribution < 1.29 is 0 Å². The summed E-state index contributed by atoms with van der Waals surface area (Å²) in [6, 6.07) is 0.610. The molecule has 0 radical (unpaired) electrons. The van der Waals surface area contributed by atoms with Gasteiger partial charge in [-0.25, -0.2) is 0 Å². The molecule has 1 nitrogen and oxygen atoms in total. The van der Waals surface area contributed by atoms with Gasteiger partial charge in [-0.15, -0.1) is 0 Å². The van der Waals surface area contributed by atoms with Crippen molar-refractivity contribution in [2.45, 2.75) is 53.5 Å². The van der Waals surface area contributed by atoms with E-state index in [1.165, 1.54) is 12.0 Å². The first-order valence-electron chi connectivity index (χ1n) is 5.41. The van der Waals surface area contributed by atoms with Crippen molar-refractivity contribution in [3.8, 4) is 0 Å². The standard InChI is InChI=1S/C12H25N/c1-10(2)9-12(5)7-6-8-13-11(3)4/h7,10-11,13H,6,8-9H2,1-5H3. The molecular weight excluding hydrogens is 158 g/mol. The molecule has 0 fully saturated rings. The Kier molecular flexibility index (Phi) is 6.97. The minimum absolute atomic E-state index is 0.610. The van der Waals surface area contributed by atoms with Crippen LogP contribution < -0.4 is 5.32 Å². The van der Waals surface area contributed by atoms with Crippen LogP contribution >= 0.6 is 0 Å². The molecule has 0 aromatic carbocycles. The SMILES string of the molecule is CC(=CCCNC(C)C)CC(C)C. The van der Waals surface area contributed by atoms with E-state index in [4.69, 9.17) is 0 Å². The zero-order chi connectivity index (χ0) is 10.3. The molecular formula is C12H25N. The minimum Gasteiger partial charge on any atom is -0.314 e. The molecule has 0 amide bonds. The molecule has 0 aromatic heterocycles. The van der Waals surface area contributed by atoms with Gasteiger partial charge < -0.3 is 5.32 Å². The first-order valence-corrected chi connectivity index (χ1v) is 5.41. The molecule has 0 aliphatic heterocycles. The van der Waals surface area contributed by atoms with Crippen molar-refractivity contribution in [1.29, 1.82) is 0 Å². The van der Waals surface area contributed by atoms with Gasteiger partial charge in [0, 0.05) is 6.04 Å². The van der Waals surface area contributed by atoms with Gasteiger partial charge in [-0.1, -0.05) is 39.3 Å². The average molecular weight is 183 g/mol. The maximum atomic E-state index is 3.41. The van der Waals surface area contributed by atoms with Gasteiger partial charge in [-0.05, 0) is 32.2 Å². The van der Waals surface area contributed by atoms with Gasteiger partial charge in [-0.3, -0.25) is 0 Å². The molecule has 1 N–H and O–H groups in total. The summed E-state index contributed by atoms with van der Waals surface area (Å²) in [5, 5.41) is 3.41. The van der Waals surface area contributed by atoms with Crippen LogP contribution in [0, 0.1) is 5.92 Å². The van der Waals surface area contributed by atoms with Crippen LogP contribution in [0.15, 0.2) is 11.6 Å². The van der Waals surface area contributed by atoms with Crippen LogP contribution in [0.5, 0.6) is 0 Å². The minimum atomic E-state index is 0.610. The molecule has 0 unspecified atom stereocenters. The van der Waals surface area contributed by atoms with Gasteiger partial charge in [0.2, 0.25) is 0 Å². The fraction of sp³-hybridized carbons (Fsp3) is 0.833. The molecule has 13 heavy (non-hydrogen) atoms. The maximum Gasteiger partial charge on any atom is 0.00105 e. The molecule has 0 spiro atoms. The van der Waals surface area contributed by atoms with E-state index < -0.39 is 0 Å². The first-order chi connectivity index (χ1) is 6.02. The van der Waals surface area contributed by atoms with E-state index in [-0.39, 0.29) is 0 Å². The van der Waals surface area contributed by atoms with Crippen molar-refractivity contribution >= 4 is 0 Å². The largest absolute Gasteiger partial charge is 0.314 e. The van der Waals surface area contributed by atoms with Gasteiger partial charge in [0.15, 0.2) is 0 Å². The topological polar surface area (TPSA) is 12.0 Å². The van der Waals surface area contributed by atoms with Crippen LogP contribution in [0.25, 0.3) is 0 Å². The van der Waals surface area contributed by atoms with Crippen LogP contribution in [0.2, 0.25) is 0 Å². The lowest BCUT2D eigenvalue weighted by molar-refractivity contribution is 0.591. The zero-order valence-electron chi connectivity index (χ0n) is 9.85. The molecule has 78 valence electrons. The highest BCUT2D eigenvalue weighted by atomic mass is 14.9. The van der Waals surface area contributed by atoms with Crippen LogP contribution in [0.4, 0.5) is 0 Å². The molecule has 0 atom stereocenters. The molecule has 0 aromatic rings. The summed E-state index contributed by atoms with van der Waals surface area (Å²) in [5.74, 6) is 0.786. The lowest BCUT2D eigenvalue weighted by Crippen LogP contribution is -2.23. The van der Waals surface area contributed by atoms with Crippen LogP contribution in [0.3, 0.4) is 0 Å². The van der Waals surface area contributed by atoms with Gasteiger partial charge in [0.25, 0.3) is 0 Å². The maximum absolute atomic E-state index is 3.41. The smallest absolute Gasteiger partial charge is 0.00105 e. The Balaban J connectivity index is 3.47. The summed E-state index contributed by atoms with van der Waals surface area (Å²) < 4.78 is 0. The third-order valence-corrected chi connectivity index (χ3v) is 1.92. The van der Waals surface area contributed by atoms with Crippen LogP contribution in [0.1, 0.15) is 47.5 Å². The van der Waals surface area contributed by atoms with Crippen molar-refractivity contribution in [3.05, 3.63) is 11.6 Å². The molecule has 0 aliphatic carbocycles. The molecule has 0 saturated heterocycles. The van der Waals surface area contributed by atoms with E-state index in [0.29, 0.717) is 6.04 Å². The van der Waals surface area contributed by atoms with Crippen molar-refractivity contribution in [2.75, 3.05) is 6.54 Å². The Bertz CT molecular complexity index is 145. The van der Waals surface area contributed by atoms with Crippen molar-refractivity contribution in [2.24, 2.45) is 5.92 Å². The first kappa shape index (κ1) is 12.7. The van der Waals surface area contributed by atoms with Crippen LogP contribution in [-0.2, 0) is 0 Å². The zero-order valence-corrected chi connectivity index (χ0v) is 9.85. The summed E-state index contributed by atoms with van der Waals surface area (Å²) >= 11 is 0.